The number of ether oxygens (including phenoxy) is 1. The molecule has 0 N–H and O–H groups in total. The zero-order chi connectivity index (χ0) is 19.7. The Morgan fingerprint density at radius 1 is 0.889 bits per heavy atom. The zero-order valence-corrected chi connectivity index (χ0v) is 16.8. The second-order valence-electron chi connectivity index (χ2n) is 5.73. The minimum Gasteiger partial charge on any atom is -0.445 e. The molecule has 0 radical (unpaired) electrons. The Labute approximate surface area is 168 Å². The number of rotatable bonds is 3. The number of benzene rings is 2. The smallest absolute Gasteiger partial charge is 0.410 e. The highest BCUT2D eigenvalue weighted by Gasteiger charge is 2.22. The molecule has 0 bridgehead atoms. The average Bonchev–Trinajstić information content (AvgIpc) is 2.66. The first kappa shape index (κ1) is 21.3. The van der Waals surface area contributed by atoms with Crippen molar-refractivity contribution in [2.75, 3.05) is 31.1 Å². The van der Waals surface area contributed by atoms with E-state index >= 15 is 0 Å². The van der Waals surface area contributed by atoms with Crippen molar-refractivity contribution < 1.29 is 17.9 Å². The Hall–Kier alpha value is -1.96. The van der Waals surface area contributed by atoms with E-state index in [2.05, 4.69) is 38.4 Å². The van der Waals surface area contributed by atoms with Crippen molar-refractivity contribution in [3.8, 4) is 0 Å². The summed E-state index contributed by atoms with van der Waals surface area (Å²) in [5, 5.41) is 0. The van der Waals surface area contributed by atoms with Crippen molar-refractivity contribution in [2.45, 2.75) is 6.61 Å². The third-order valence-corrected chi connectivity index (χ3v) is 3.86. The van der Waals surface area contributed by atoms with Crippen LogP contribution in [0.5, 0.6) is 0 Å². The van der Waals surface area contributed by atoms with Gasteiger partial charge in [-0.2, -0.15) is 8.42 Å². The van der Waals surface area contributed by atoms with E-state index in [0.717, 1.165) is 18.7 Å². The van der Waals surface area contributed by atoms with Gasteiger partial charge in [0.05, 0.1) is 0 Å². The molecule has 1 aliphatic rings. The first-order valence-corrected chi connectivity index (χ1v) is 11.4. The van der Waals surface area contributed by atoms with Crippen LogP contribution >= 0.6 is 21.4 Å². The van der Waals surface area contributed by atoms with E-state index in [9.17, 15) is 4.79 Å². The van der Waals surface area contributed by atoms with Crippen molar-refractivity contribution in [1.82, 2.24) is 4.90 Å². The number of para-hydroxylation sites is 1. The summed E-state index contributed by atoms with van der Waals surface area (Å²) >= 11 is 0. The van der Waals surface area contributed by atoms with E-state index in [4.69, 9.17) is 13.2 Å². The Morgan fingerprint density at radius 2 is 1.37 bits per heavy atom. The second-order valence-corrected chi connectivity index (χ2v) is 9.40. The first-order valence-electron chi connectivity index (χ1n) is 8.23. The molecule has 2 aromatic rings. The van der Waals surface area contributed by atoms with Crippen LogP contribution in [0.3, 0.4) is 0 Å². The van der Waals surface area contributed by atoms with Crippen LogP contribution in [-0.4, -0.2) is 45.6 Å². The highest BCUT2D eigenvalue weighted by atomic mass is 36.0. The molecule has 0 unspecified atom stereocenters. The fraction of sp³-hybridized carbons (Fsp3) is 0.278. The van der Waals surface area contributed by atoms with Crippen molar-refractivity contribution >= 4 is 41.4 Å². The molecule has 1 saturated heterocycles. The van der Waals surface area contributed by atoms with Crippen molar-refractivity contribution in [1.29, 1.82) is 0 Å². The molecule has 3 rings (SSSR count). The number of halogens is 2. The summed E-state index contributed by atoms with van der Waals surface area (Å²) in [6.07, 6.45) is -0.225. The van der Waals surface area contributed by atoms with Gasteiger partial charge in [-0.25, -0.2) is 4.79 Å². The Kier molecular flexibility index (Phi) is 8.22. The van der Waals surface area contributed by atoms with Gasteiger partial charge in [-0.15, -0.1) is 0 Å². The summed E-state index contributed by atoms with van der Waals surface area (Å²) in [6.45, 7) is 3.40. The molecule has 0 atom stereocenters. The van der Waals surface area contributed by atoms with Gasteiger partial charge in [0, 0.05) is 53.2 Å². The molecule has 1 aliphatic heterocycles. The zero-order valence-electron chi connectivity index (χ0n) is 14.5. The average molecular weight is 431 g/mol. The highest BCUT2D eigenvalue weighted by molar-refractivity contribution is 8.31. The molecule has 6 nitrogen and oxygen atoms in total. The molecule has 0 spiro atoms. The van der Waals surface area contributed by atoms with Gasteiger partial charge in [-0.3, -0.25) is 0 Å². The molecule has 2 aromatic carbocycles. The van der Waals surface area contributed by atoms with Crippen LogP contribution in [0.1, 0.15) is 5.56 Å². The van der Waals surface area contributed by atoms with Crippen molar-refractivity contribution in [2.24, 2.45) is 0 Å². The van der Waals surface area contributed by atoms with E-state index in [-0.39, 0.29) is 6.09 Å². The van der Waals surface area contributed by atoms with Gasteiger partial charge in [-0.1, -0.05) is 48.5 Å². The molecular weight excluding hydrogens is 411 g/mol. The molecule has 0 saturated carbocycles. The maximum atomic E-state index is 12.1. The normalized spacial score (nSPS) is 14.1. The van der Waals surface area contributed by atoms with Gasteiger partial charge in [0.15, 0.2) is 0 Å². The lowest BCUT2D eigenvalue weighted by atomic mass is 10.2. The predicted octanol–water partition coefficient (Wildman–Crippen LogP) is 3.85. The van der Waals surface area contributed by atoms with Crippen LogP contribution in [0.4, 0.5) is 10.5 Å². The minimum atomic E-state index is -3.72. The van der Waals surface area contributed by atoms with Gasteiger partial charge in [0.2, 0.25) is 0 Å². The molecule has 9 heteroatoms. The van der Waals surface area contributed by atoms with E-state index in [1.165, 1.54) is 5.69 Å². The topological polar surface area (TPSA) is 66.9 Å². The maximum Gasteiger partial charge on any atom is 0.410 e. The van der Waals surface area contributed by atoms with E-state index < -0.39 is 8.26 Å². The third-order valence-electron chi connectivity index (χ3n) is 3.86. The fourth-order valence-corrected chi connectivity index (χ4v) is 2.60. The molecule has 1 heterocycles. The molecule has 1 amide bonds. The summed E-state index contributed by atoms with van der Waals surface area (Å²) in [5.74, 6) is 0. The summed E-state index contributed by atoms with van der Waals surface area (Å²) < 4.78 is 23.7. The Morgan fingerprint density at radius 3 is 1.89 bits per heavy atom. The number of nitrogens with zero attached hydrogens (tertiary/aromatic N) is 2. The maximum absolute atomic E-state index is 12.1. The molecule has 0 aromatic heterocycles. The van der Waals surface area contributed by atoms with Gasteiger partial charge in [0.1, 0.15) is 6.61 Å². The molecule has 146 valence electrons. The van der Waals surface area contributed by atoms with Crippen LogP contribution in [0, 0.1) is 0 Å². The summed E-state index contributed by atoms with van der Waals surface area (Å²) in [7, 11) is 4.81. The quantitative estimate of drug-likeness (QED) is 0.691. The third kappa shape index (κ3) is 8.51. The van der Waals surface area contributed by atoms with Crippen LogP contribution < -0.4 is 4.90 Å². The van der Waals surface area contributed by atoms with Gasteiger partial charge >= 0.3 is 14.4 Å². The molecule has 1 fully saturated rings. The Balaban J connectivity index is 0.000000465. The monoisotopic (exact) mass is 430 g/mol. The largest absolute Gasteiger partial charge is 0.445 e. The van der Waals surface area contributed by atoms with Crippen LogP contribution in [-0.2, 0) is 19.6 Å². The number of carbonyl (C=O) groups is 1. The Bertz CT molecular complexity index is 804. The predicted molar refractivity (Wildman–Crippen MR) is 107 cm³/mol. The summed E-state index contributed by atoms with van der Waals surface area (Å²) in [4.78, 5) is 16.2. The van der Waals surface area contributed by atoms with E-state index in [0.29, 0.717) is 19.7 Å². The minimum absolute atomic E-state index is 0.225. The van der Waals surface area contributed by atoms with Crippen LogP contribution in [0.15, 0.2) is 60.7 Å². The molecule has 27 heavy (non-hydrogen) atoms. The summed E-state index contributed by atoms with van der Waals surface area (Å²) in [5.41, 5.74) is 2.22. The fourth-order valence-electron chi connectivity index (χ4n) is 2.60. The van der Waals surface area contributed by atoms with Gasteiger partial charge < -0.3 is 14.5 Å². The summed E-state index contributed by atoms with van der Waals surface area (Å²) in [6, 6.07) is 20.1. The standard InChI is InChI=1S/C18H20N2O2.Cl2O2S/c21-18(22-15-16-7-3-1-4-8-16)20-13-11-19(12-14-20)17-9-5-2-6-10-17;1-5(2,3)4/h1-10H,11-15H2;. The number of amides is 1. The lowest BCUT2D eigenvalue weighted by Gasteiger charge is -2.35. The SMILES string of the molecule is O=C(OCc1ccccc1)N1CCN(c2ccccc2)CC1.O=S(=O)(Cl)Cl. The number of anilines is 1. The van der Waals surface area contributed by atoms with E-state index in [1.807, 2.05) is 48.5 Å². The highest BCUT2D eigenvalue weighted by Crippen LogP contribution is 2.16. The first-order chi connectivity index (χ1) is 12.8. The van der Waals surface area contributed by atoms with Crippen LogP contribution in [0.25, 0.3) is 0 Å². The van der Waals surface area contributed by atoms with Crippen molar-refractivity contribution in [3.63, 3.8) is 0 Å². The number of piperazine rings is 1. The lowest BCUT2D eigenvalue weighted by molar-refractivity contribution is 0.0942. The second kappa shape index (κ2) is 10.4. The van der Waals surface area contributed by atoms with Gasteiger partial charge in [0.25, 0.3) is 0 Å². The van der Waals surface area contributed by atoms with Crippen LogP contribution in [0.2, 0.25) is 0 Å². The number of hydrogen-bond acceptors (Lipinski definition) is 5. The molecular formula is C18H20Cl2N2O4S. The lowest BCUT2D eigenvalue weighted by Crippen LogP contribution is -2.48. The van der Waals surface area contributed by atoms with E-state index in [1.54, 1.807) is 4.90 Å². The van der Waals surface area contributed by atoms with Gasteiger partial charge in [-0.05, 0) is 17.7 Å². The number of hydrogen-bond donors (Lipinski definition) is 0. The number of carbonyl (C=O) groups excluding carboxylic acids is 1. The molecule has 0 aliphatic carbocycles. The van der Waals surface area contributed by atoms with Crippen molar-refractivity contribution in [3.05, 3.63) is 66.2 Å².